The lowest BCUT2D eigenvalue weighted by Crippen LogP contribution is -2.51. The predicted octanol–water partition coefficient (Wildman–Crippen LogP) is 2.11. The minimum atomic E-state index is -1.19. The van der Waals surface area contributed by atoms with Crippen LogP contribution >= 0.6 is 0 Å². The van der Waals surface area contributed by atoms with Crippen LogP contribution in [0.15, 0.2) is 24.3 Å². The van der Waals surface area contributed by atoms with E-state index in [1.165, 1.54) is 14.0 Å². The molecule has 114 valence electrons. The van der Waals surface area contributed by atoms with Gasteiger partial charge in [0.25, 0.3) is 0 Å². The standard InChI is InChI=1S/C15H20BFO4/c1-10(17)15(4)14(2,3)20-16(21-15)12-8-6-7-11(9-12)13(18)19-5/h6-10H,1-5H3. The van der Waals surface area contributed by atoms with E-state index in [0.29, 0.717) is 11.0 Å². The second-order valence-corrected chi connectivity index (χ2v) is 5.92. The van der Waals surface area contributed by atoms with E-state index in [-0.39, 0.29) is 0 Å². The normalized spacial score (nSPS) is 25.7. The first kappa shape index (κ1) is 16.0. The zero-order chi connectivity index (χ0) is 15.8. The monoisotopic (exact) mass is 294 g/mol. The van der Waals surface area contributed by atoms with Gasteiger partial charge in [-0.2, -0.15) is 0 Å². The predicted molar refractivity (Wildman–Crippen MR) is 78.4 cm³/mol. The summed E-state index contributed by atoms with van der Waals surface area (Å²) in [4.78, 5) is 11.6. The highest BCUT2D eigenvalue weighted by Crippen LogP contribution is 2.40. The highest BCUT2D eigenvalue weighted by molar-refractivity contribution is 6.62. The summed E-state index contributed by atoms with van der Waals surface area (Å²) in [6, 6.07) is 6.78. The van der Waals surface area contributed by atoms with Crippen molar-refractivity contribution < 1.29 is 23.2 Å². The molecule has 1 aromatic carbocycles. The second kappa shape index (κ2) is 5.42. The molecule has 1 fully saturated rings. The zero-order valence-electron chi connectivity index (χ0n) is 13.0. The molecule has 0 aliphatic carbocycles. The number of carbonyl (C=O) groups is 1. The fraction of sp³-hybridized carbons (Fsp3) is 0.533. The minimum absolute atomic E-state index is 0.405. The molecule has 0 amide bonds. The molecular weight excluding hydrogens is 274 g/mol. The average Bonchev–Trinajstić information content (AvgIpc) is 2.70. The summed E-state index contributed by atoms with van der Waals surface area (Å²) in [6.45, 7) is 6.75. The van der Waals surface area contributed by atoms with Crippen LogP contribution in [0.3, 0.4) is 0 Å². The van der Waals surface area contributed by atoms with Crippen molar-refractivity contribution in [3.8, 4) is 0 Å². The van der Waals surface area contributed by atoms with E-state index in [1.807, 2.05) is 0 Å². The van der Waals surface area contributed by atoms with Crippen molar-refractivity contribution in [3.05, 3.63) is 29.8 Å². The van der Waals surface area contributed by atoms with Crippen LogP contribution in [-0.4, -0.2) is 37.6 Å². The summed E-state index contributed by atoms with van der Waals surface area (Å²) >= 11 is 0. The molecule has 0 saturated carbocycles. The fourth-order valence-electron chi connectivity index (χ4n) is 2.41. The number of halogens is 1. The van der Waals surface area contributed by atoms with Gasteiger partial charge in [-0.3, -0.25) is 0 Å². The van der Waals surface area contributed by atoms with E-state index in [4.69, 9.17) is 14.0 Å². The van der Waals surface area contributed by atoms with Gasteiger partial charge in [-0.15, -0.1) is 0 Å². The largest absolute Gasteiger partial charge is 0.494 e. The van der Waals surface area contributed by atoms with E-state index in [0.717, 1.165) is 0 Å². The number of alkyl halides is 1. The molecule has 0 radical (unpaired) electrons. The van der Waals surface area contributed by atoms with Crippen molar-refractivity contribution in [2.75, 3.05) is 7.11 Å². The third kappa shape index (κ3) is 2.70. The van der Waals surface area contributed by atoms with Gasteiger partial charge >= 0.3 is 13.1 Å². The Morgan fingerprint density at radius 1 is 1.33 bits per heavy atom. The molecule has 4 nitrogen and oxygen atoms in total. The number of benzene rings is 1. The van der Waals surface area contributed by atoms with Crippen LogP contribution in [0.2, 0.25) is 0 Å². The Balaban J connectivity index is 2.31. The lowest BCUT2D eigenvalue weighted by Gasteiger charge is -2.37. The fourth-order valence-corrected chi connectivity index (χ4v) is 2.41. The first-order valence-corrected chi connectivity index (χ1v) is 6.89. The van der Waals surface area contributed by atoms with Crippen molar-refractivity contribution in [1.29, 1.82) is 0 Å². The van der Waals surface area contributed by atoms with Gasteiger partial charge in [-0.25, -0.2) is 9.18 Å². The van der Waals surface area contributed by atoms with Gasteiger partial charge in [-0.1, -0.05) is 12.1 Å². The summed E-state index contributed by atoms with van der Waals surface area (Å²) in [5, 5.41) is 0. The number of carbonyl (C=O) groups excluding carboxylic acids is 1. The maximum atomic E-state index is 14.0. The molecule has 0 aromatic heterocycles. The highest BCUT2D eigenvalue weighted by Gasteiger charge is 2.57. The first-order valence-electron chi connectivity index (χ1n) is 6.89. The molecular formula is C15H20BFO4. The summed E-state index contributed by atoms with van der Waals surface area (Å²) in [5.74, 6) is -0.435. The van der Waals surface area contributed by atoms with E-state index >= 15 is 0 Å². The first-order chi connectivity index (χ1) is 9.71. The van der Waals surface area contributed by atoms with Crippen LogP contribution in [0.5, 0.6) is 0 Å². The Labute approximate surface area is 124 Å². The molecule has 21 heavy (non-hydrogen) atoms. The summed E-state index contributed by atoms with van der Waals surface area (Å²) in [6.07, 6.45) is -1.19. The lowest BCUT2D eigenvalue weighted by atomic mass is 9.78. The molecule has 0 N–H and O–H groups in total. The Morgan fingerprint density at radius 2 is 2.00 bits per heavy atom. The molecule has 2 rings (SSSR count). The topological polar surface area (TPSA) is 44.8 Å². The summed E-state index contributed by atoms with van der Waals surface area (Å²) in [7, 11) is 0.607. The minimum Gasteiger partial charge on any atom is -0.465 e. The van der Waals surface area contributed by atoms with Gasteiger partial charge in [0, 0.05) is 0 Å². The summed E-state index contributed by atoms with van der Waals surface area (Å²) < 4.78 is 30.3. The lowest BCUT2D eigenvalue weighted by molar-refractivity contribution is -0.0595. The van der Waals surface area contributed by atoms with Crippen LogP contribution in [0.1, 0.15) is 38.1 Å². The smallest absolute Gasteiger partial charge is 0.465 e. The Bertz CT molecular complexity index is 546. The van der Waals surface area contributed by atoms with Gasteiger partial charge in [0.15, 0.2) is 0 Å². The zero-order valence-corrected chi connectivity index (χ0v) is 13.0. The number of hydrogen-bond acceptors (Lipinski definition) is 4. The van der Waals surface area contributed by atoms with E-state index in [2.05, 4.69) is 0 Å². The molecule has 6 heteroatoms. The Morgan fingerprint density at radius 3 is 2.52 bits per heavy atom. The van der Waals surface area contributed by atoms with E-state index in [1.54, 1.807) is 45.0 Å². The number of rotatable bonds is 3. The van der Waals surface area contributed by atoms with Gasteiger partial charge in [0.2, 0.25) is 0 Å². The van der Waals surface area contributed by atoms with Crippen molar-refractivity contribution >= 4 is 18.6 Å². The number of hydrogen-bond donors (Lipinski definition) is 0. The quantitative estimate of drug-likeness (QED) is 0.632. The van der Waals surface area contributed by atoms with Gasteiger partial charge < -0.3 is 14.0 Å². The SMILES string of the molecule is COC(=O)c1cccc(B2OC(C)(C)C(C)(C(C)F)O2)c1. The Kier molecular flexibility index (Phi) is 4.13. The third-order valence-corrected chi connectivity index (χ3v) is 4.29. The molecule has 1 saturated heterocycles. The van der Waals surface area contributed by atoms with Gasteiger partial charge in [0.1, 0.15) is 11.8 Å². The maximum absolute atomic E-state index is 14.0. The number of ether oxygens (including phenoxy) is 1. The molecule has 1 aliphatic heterocycles. The summed E-state index contributed by atoms with van der Waals surface area (Å²) in [5.41, 5.74) is -0.774. The van der Waals surface area contributed by atoms with E-state index in [9.17, 15) is 9.18 Å². The van der Waals surface area contributed by atoms with Crippen molar-refractivity contribution in [2.24, 2.45) is 0 Å². The molecule has 1 heterocycles. The van der Waals surface area contributed by atoms with E-state index < -0.39 is 30.5 Å². The molecule has 0 spiro atoms. The van der Waals surface area contributed by atoms with Gasteiger partial charge in [-0.05, 0) is 45.3 Å². The molecule has 2 unspecified atom stereocenters. The molecule has 1 aliphatic rings. The molecule has 2 atom stereocenters. The number of esters is 1. The number of methoxy groups -OCH3 is 1. The molecule has 0 bridgehead atoms. The van der Waals surface area contributed by atoms with Crippen molar-refractivity contribution in [3.63, 3.8) is 0 Å². The third-order valence-electron chi connectivity index (χ3n) is 4.29. The maximum Gasteiger partial charge on any atom is 0.494 e. The average molecular weight is 294 g/mol. The Hall–Kier alpha value is -1.40. The van der Waals surface area contributed by atoms with Crippen LogP contribution < -0.4 is 5.46 Å². The van der Waals surface area contributed by atoms with Crippen molar-refractivity contribution in [1.82, 2.24) is 0 Å². The van der Waals surface area contributed by atoms with Gasteiger partial charge in [0.05, 0.1) is 18.3 Å². The highest BCUT2D eigenvalue weighted by atomic mass is 19.1. The van der Waals surface area contributed by atoms with Crippen LogP contribution in [-0.2, 0) is 14.0 Å². The van der Waals surface area contributed by atoms with Crippen molar-refractivity contribution in [2.45, 2.75) is 45.1 Å². The molecule has 1 aromatic rings. The van der Waals surface area contributed by atoms with Crippen LogP contribution in [0.4, 0.5) is 4.39 Å². The van der Waals surface area contributed by atoms with Crippen LogP contribution in [0.25, 0.3) is 0 Å². The van der Waals surface area contributed by atoms with Crippen LogP contribution in [0, 0.1) is 0 Å². The second-order valence-electron chi connectivity index (χ2n) is 5.92.